The van der Waals surface area contributed by atoms with Gasteiger partial charge >= 0.3 is 17.9 Å². The molecule has 8 heteroatoms. The first-order chi connectivity index (χ1) is 11.2. The van der Waals surface area contributed by atoms with Crippen LogP contribution in [0.4, 0.5) is 0 Å². The molecule has 8 nitrogen and oxygen atoms in total. The highest BCUT2D eigenvalue weighted by molar-refractivity contribution is 5.83. The van der Waals surface area contributed by atoms with Gasteiger partial charge in [-0.25, -0.2) is 9.59 Å². The van der Waals surface area contributed by atoms with E-state index in [1.54, 1.807) is 0 Å². The van der Waals surface area contributed by atoms with Gasteiger partial charge in [-0.05, 0) is 32.9 Å². The summed E-state index contributed by atoms with van der Waals surface area (Å²) < 4.78 is 14.9. The average molecular weight is 342 g/mol. The molecule has 1 aliphatic rings. The highest BCUT2D eigenvalue weighted by Crippen LogP contribution is 2.08. The van der Waals surface area contributed by atoms with E-state index < -0.39 is 48.4 Å². The summed E-state index contributed by atoms with van der Waals surface area (Å²) in [4.78, 5) is 34.9. The lowest BCUT2D eigenvalue weighted by Crippen LogP contribution is -2.30. The summed E-state index contributed by atoms with van der Waals surface area (Å²) in [5.41, 5.74) is 0. The third-order valence-electron chi connectivity index (χ3n) is 3.21. The van der Waals surface area contributed by atoms with E-state index in [2.05, 4.69) is 0 Å². The second-order valence-corrected chi connectivity index (χ2v) is 5.49. The van der Waals surface area contributed by atoms with Crippen molar-refractivity contribution in [2.75, 3.05) is 0 Å². The van der Waals surface area contributed by atoms with Crippen molar-refractivity contribution in [2.45, 2.75) is 57.7 Å². The Balaban J connectivity index is 2.91. The molecule has 0 spiro atoms. The first-order valence-corrected chi connectivity index (χ1v) is 7.52. The number of rotatable bonds is 0. The molecule has 0 saturated heterocycles. The molecule has 5 atom stereocenters. The zero-order valence-corrected chi connectivity index (χ0v) is 13.7. The minimum absolute atomic E-state index is 0.193. The van der Waals surface area contributed by atoms with Gasteiger partial charge in [0.25, 0.3) is 0 Å². The molecule has 0 aromatic heterocycles. The number of esters is 3. The van der Waals surface area contributed by atoms with Crippen LogP contribution < -0.4 is 0 Å². The number of carbonyl (C=O) groups excluding carboxylic acids is 3. The second-order valence-electron chi connectivity index (χ2n) is 5.49. The standard InChI is InChI=1S/C16H22O8/c1-9-8-16(21)24-11(3)13(18)5-7-15(20)23-10(2)12(17)4-6-14(19)22-9/h4-7,9-13,17-18H,8H2,1-3H3/b6-4+,7-5+/t9-,10-,11+,12-,13-/m0/s1. The van der Waals surface area contributed by atoms with Crippen molar-refractivity contribution in [3.8, 4) is 0 Å². The van der Waals surface area contributed by atoms with Crippen LogP contribution in [0, 0.1) is 0 Å². The fourth-order valence-corrected chi connectivity index (χ4v) is 1.80. The monoisotopic (exact) mass is 342 g/mol. The Morgan fingerprint density at radius 3 is 1.83 bits per heavy atom. The molecule has 0 radical (unpaired) electrons. The van der Waals surface area contributed by atoms with Crippen LogP contribution in [-0.2, 0) is 28.6 Å². The van der Waals surface area contributed by atoms with E-state index in [1.807, 2.05) is 0 Å². The predicted molar refractivity (Wildman–Crippen MR) is 81.6 cm³/mol. The molecule has 1 heterocycles. The fourth-order valence-electron chi connectivity index (χ4n) is 1.80. The summed E-state index contributed by atoms with van der Waals surface area (Å²) in [6, 6.07) is 0. The van der Waals surface area contributed by atoms with E-state index in [9.17, 15) is 24.6 Å². The first kappa shape index (κ1) is 19.9. The van der Waals surface area contributed by atoms with Crippen molar-refractivity contribution in [1.29, 1.82) is 0 Å². The molecule has 0 aromatic rings. The smallest absolute Gasteiger partial charge is 0.330 e. The zero-order chi connectivity index (χ0) is 18.3. The Morgan fingerprint density at radius 1 is 0.833 bits per heavy atom. The molecular formula is C16H22O8. The summed E-state index contributed by atoms with van der Waals surface area (Å²) in [6.45, 7) is 4.41. The van der Waals surface area contributed by atoms with Crippen LogP contribution in [0.15, 0.2) is 24.3 Å². The number of aliphatic hydroxyl groups is 2. The van der Waals surface area contributed by atoms with Gasteiger partial charge < -0.3 is 24.4 Å². The molecule has 2 N–H and O–H groups in total. The Hall–Kier alpha value is -2.19. The van der Waals surface area contributed by atoms with Gasteiger partial charge in [-0.15, -0.1) is 0 Å². The number of carbonyl (C=O) groups is 3. The molecule has 134 valence electrons. The number of aliphatic hydroxyl groups excluding tert-OH is 2. The Labute approximate surface area is 139 Å². The van der Waals surface area contributed by atoms with Gasteiger partial charge in [0.05, 0.1) is 6.42 Å². The van der Waals surface area contributed by atoms with Gasteiger partial charge in [0.2, 0.25) is 0 Å². The Morgan fingerprint density at radius 2 is 1.29 bits per heavy atom. The zero-order valence-electron chi connectivity index (χ0n) is 13.7. The van der Waals surface area contributed by atoms with Crippen molar-refractivity contribution in [2.24, 2.45) is 0 Å². The highest BCUT2D eigenvalue weighted by atomic mass is 16.6. The average Bonchev–Trinajstić information content (AvgIpc) is 2.48. The summed E-state index contributed by atoms with van der Waals surface area (Å²) in [6.07, 6.45) is -0.961. The van der Waals surface area contributed by atoms with Crippen molar-refractivity contribution >= 4 is 17.9 Å². The van der Waals surface area contributed by atoms with Gasteiger partial charge in [0, 0.05) is 12.2 Å². The molecular weight excluding hydrogens is 320 g/mol. The largest absolute Gasteiger partial charge is 0.459 e. The molecule has 0 bridgehead atoms. The third kappa shape index (κ3) is 6.93. The van der Waals surface area contributed by atoms with E-state index in [-0.39, 0.29) is 6.42 Å². The van der Waals surface area contributed by atoms with Crippen LogP contribution in [0.2, 0.25) is 0 Å². The Kier molecular flexibility index (Phi) is 7.60. The molecule has 1 rings (SSSR count). The van der Waals surface area contributed by atoms with E-state index in [0.717, 1.165) is 24.3 Å². The number of cyclic esters (lactones) is 3. The van der Waals surface area contributed by atoms with Crippen molar-refractivity contribution in [1.82, 2.24) is 0 Å². The van der Waals surface area contributed by atoms with Gasteiger partial charge in [-0.3, -0.25) is 4.79 Å². The number of ether oxygens (including phenoxy) is 3. The van der Waals surface area contributed by atoms with E-state index >= 15 is 0 Å². The normalized spacial score (nSPS) is 36.2. The highest BCUT2D eigenvalue weighted by Gasteiger charge is 2.21. The van der Waals surface area contributed by atoms with Gasteiger partial charge in [-0.1, -0.05) is 0 Å². The van der Waals surface area contributed by atoms with Crippen LogP contribution in [0.5, 0.6) is 0 Å². The van der Waals surface area contributed by atoms with Crippen molar-refractivity contribution in [3.05, 3.63) is 24.3 Å². The van der Waals surface area contributed by atoms with Crippen LogP contribution in [0.1, 0.15) is 27.2 Å². The first-order valence-electron chi connectivity index (χ1n) is 7.52. The van der Waals surface area contributed by atoms with Crippen LogP contribution in [0.3, 0.4) is 0 Å². The lowest BCUT2D eigenvalue weighted by atomic mass is 10.2. The second kappa shape index (κ2) is 9.19. The summed E-state index contributed by atoms with van der Waals surface area (Å²) >= 11 is 0. The number of hydrogen-bond acceptors (Lipinski definition) is 8. The van der Waals surface area contributed by atoms with Crippen molar-refractivity contribution < 1.29 is 38.8 Å². The van der Waals surface area contributed by atoms with Crippen LogP contribution in [-0.4, -0.2) is 58.6 Å². The molecule has 0 aromatic carbocycles. The van der Waals surface area contributed by atoms with E-state index in [4.69, 9.17) is 14.2 Å². The number of hydrogen-bond donors (Lipinski definition) is 2. The van der Waals surface area contributed by atoms with E-state index in [0.29, 0.717) is 0 Å². The summed E-state index contributed by atoms with van der Waals surface area (Å²) in [5, 5.41) is 19.6. The lowest BCUT2D eigenvalue weighted by Gasteiger charge is -2.19. The molecule has 0 amide bonds. The minimum atomic E-state index is -1.22. The lowest BCUT2D eigenvalue weighted by molar-refractivity contribution is -0.157. The maximum atomic E-state index is 11.7. The predicted octanol–water partition coefficient (Wildman–Crippen LogP) is 0.0194. The SMILES string of the molecule is C[C@@H]1OC(=O)/C=C/[C@H](O)[C@@H](C)OC(=O)C[C@H](C)OC(=O)/C=C/[C@@H]1O. The molecule has 0 unspecified atom stereocenters. The van der Waals surface area contributed by atoms with Crippen LogP contribution in [0.25, 0.3) is 0 Å². The minimum Gasteiger partial charge on any atom is -0.459 e. The molecule has 24 heavy (non-hydrogen) atoms. The topological polar surface area (TPSA) is 119 Å². The summed E-state index contributed by atoms with van der Waals surface area (Å²) in [5.74, 6) is -2.22. The third-order valence-corrected chi connectivity index (χ3v) is 3.21. The molecule has 1 aliphatic heterocycles. The van der Waals surface area contributed by atoms with Gasteiger partial charge in [0.15, 0.2) is 0 Å². The maximum absolute atomic E-state index is 11.7. The van der Waals surface area contributed by atoms with E-state index in [1.165, 1.54) is 20.8 Å². The maximum Gasteiger partial charge on any atom is 0.330 e. The summed E-state index contributed by atoms with van der Waals surface area (Å²) in [7, 11) is 0. The van der Waals surface area contributed by atoms with Crippen LogP contribution >= 0.6 is 0 Å². The van der Waals surface area contributed by atoms with Gasteiger partial charge in [-0.2, -0.15) is 0 Å². The van der Waals surface area contributed by atoms with Gasteiger partial charge in [0.1, 0.15) is 30.5 Å². The molecule has 0 aliphatic carbocycles. The van der Waals surface area contributed by atoms with Crippen molar-refractivity contribution in [3.63, 3.8) is 0 Å². The molecule has 0 saturated carbocycles. The quantitative estimate of drug-likeness (QED) is 0.467. The molecule has 0 fully saturated rings. The Bertz CT molecular complexity index is 524. The fraction of sp³-hybridized carbons (Fsp3) is 0.562.